The molecule has 2 aromatic rings. The molecule has 0 unspecified atom stereocenters. The molecule has 6 heteroatoms. The van der Waals surface area contributed by atoms with Crippen molar-refractivity contribution < 1.29 is 9.59 Å². The Bertz CT molecular complexity index is 685. The molecule has 1 aliphatic rings. The predicted octanol–water partition coefficient (Wildman–Crippen LogP) is 1.39. The summed E-state index contributed by atoms with van der Waals surface area (Å²) in [7, 11) is 0. The van der Waals surface area contributed by atoms with E-state index in [1.54, 1.807) is 6.20 Å². The standard InChI is InChI=1S/C17H18N4O2/c22-16-12-21(9-8-19-16)17(23)20-10-13-3-5-14(6-4-13)15-2-1-7-18-11-15/h1-7,11H,8-10,12H2,(H,19,22)(H,20,23). The normalized spacial score (nSPS) is 14.3. The molecule has 0 spiro atoms. The summed E-state index contributed by atoms with van der Waals surface area (Å²) >= 11 is 0. The third-order valence-corrected chi connectivity index (χ3v) is 3.72. The lowest BCUT2D eigenvalue weighted by Crippen LogP contribution is -2.52. The van der Waals surface area contributed by atoms with Gasteiger partial charge in [0.15, 0.2) is 0 Å². The first kappa shape index (κ1) is 15.0. The molecule has 1 aromatic carbocycles. The summed E-state index contributed by atoms with van der Waals surface area (Å²) in [6.45, 7) is 1.60. The smallest absolute Gasteiger partial charge is 0.318 e. The molecule has 1 fully saturated rings. The van der Waals surface area contributed by atoms with E-state index >= 15 is 0 Å². The molecule has 0 aliphatic carbocycles. The number of benzene rings is 1. The van der Waals surface area contributed by atoms with E-state index in [0.717, 1.165) is 16.7 Å². The molecule has 0 atom stereocenters. The Labute approximate surface area is 134 Å². The molecular formula is C17H18N4O2. The molecule has 1 aromatic heterocycles. The van der Waals surface area contributed by atoms with Crippen LogP contribution in [0.15, 0.2) is 48.8 Å². The molecule has 0 bridgehead atoms. The quantitative estimate of drug-likeness (QED) is 0.899. The Morgan fingerprint density at radius 2 is 2.04 bits per heavy atom. The number of hydrogen-bond acceptors (Lipinski definition) is 3. The van der Waals surface area contributed by atoms with Crippen molar-refractivity contribution in [3.05, 3.63) is 54.4 Å². The lowest BCUT2D eigenvalue weighted by molar-refractivity contribution is -0.123. The number of nitrogens with one attached hydrogen (secondary N) is 2. The van der Waals surface area contributed by atoms with E-state index in [-0.39, 0.29) is 18.5 Å². The summed E-state index contributed by atoms with van der Waals surface area (Å²) in [4.78, 5) is 28.9. The number of urea groups is 1. The van der Waals surface area contributed by atoms with Gasteiger partial charge in [-0.2, -0.15) is 0 Å². The maximum absolute atomic E-state index is 12.0. The number of piperazine rings is 1. The van der Waals surface area contributed by atoms with Gasteiger partial charge in [-0.25, -0.2) is 4.79 Å². The van der Waals surface area contributed by atoms with Crippen molar-refractivity contribution >= 4 is 11.9 Å². The maximum atomic E-state index is 12.0. The first-order chi connectivity index (χ1) is 11.2. The molecule has 118 valence electrons. The van der Waals surface area contributed by atoms with E-state index in [4.69, 9.17) is 0 Å². The van der Waals surface area contributed by atoms with Crippen molar-refractivity contribution in [1.29, 1.82) is 0 Å². The van der Waals surface area contributed by atoms with Crippen LogP contribution in [0.25, 0.3) is 11.1 Å². The van der Waals surface area contributed by atoms with E-state index in [2.05, 4.69) is 15.6 Å². The van der Waals surface area contributed by atoms with E-state index in [1.807, 2.05) is 42.6 Å². The van der Waals surface area contributed by atoms with Crippen LogP contribution in [-0.2, 0) is 11.3 Å². The minimum Gasteiger partial charge on any atom is -0.353 e. The first-order valence-electron chi connectivity index (χ1n) is 7.51. The zero-order valence-corrected chi connectivity index (χ0v) is 12.7. The summed E-state index contributed by atoms with van der Waals surface area (Å²) in [6.07, 6.45) is 3.56. The number of carbonyl (C=O) groups is 2. The highest BCUT2D eigenvalue weighted by Crippen LogP contribution is 2.18. The molecule has 0 saturated carbocycles. The van der Waals surface area contributed by atoms with E-state index in [9.17, 15) is 9.59 Å². The summed E-state index contributed by atoms with van der Waals surface area (Å²) in [5.74, 6) is -0.118. The largest absolute Gasteiger partial charge is 0.353 e. The molecule has 0 radical (unpaired) electrons. The Morgan fingerprint density at radius 3 is 2.74 bits per heavy atom. The minimum absolute atomic E-state index is 0.117. The summed E-state index contributed by atoms with van der Waals surface area (Å²) in [5.41, 5.74) is 3.15. The highest BCUT2D eigenvalue weighted by Gasteiger charge is 2.20. The van der Waals surface area contributed by atoms with Crippen molar-refractivity contribution in [3.63, 3.8) is 0 Å². The molecule has 23 heavy (non-hydrogen) atoms. The first-order valence-corrected chi connectivity index (χ1v) is 7.51. The average molecular weight is 310 g/mol. The molecular weight excluding hydrogens is 292 g/mol. The lowest BCUT2D eigenvalue weighted by atomic mass is 10.1. The van der Waals surface area contributed by atoms with Gasteiger partial charge >= 0.3 is 6.03 Å². The van der Waals surface area contributed by atoms with Crippen LogP contribution in [0, 0.1) is 0 Å². The van der Waals surface area contributed by atoms with Gasteiger partial charge < -0.3 is 15.5 Å². The number of carbonyl (C=O) groups excluding carboxylic acids is 2. The second kappa shape index (κ2) is 6.91. The Hall–Kier alpha value is -2.89. The van der Waals surface area contributed by atoms with Crippen LogP contribution in [0.3, 0.4) is 0 Å². The monoisotopic (exact) mass is 310 g/mol. The molecule has 1 saturated heterocycles. The van der Waals surface area contributed by atoms with Crippen LogP contribution in [0.2, 0.25) is 0 Å². The van der Waals surface area contributed by atoms with Crippen LogP contribution in [0.4, 0.5) is 4.79 Å². The van der Waals surface area contributed by atoms with Gasteiger partial charge in [-0.1, -0.05) is 30.3 Å². The van der Waals surface area contributed by atoms with Crippen molar-refractivity contribution in [1.82, 2.24) is 20.5 Å². The fourth-order valence-corrected chi connectivity index (χ4v) is 2.45. The molecule has 6 nitrogen and oxygen atoms in total. The number of aromatic nitrogens is 1. The lowest BCUT2D eigenvalue weighted by Gasteiger charge is -2.26. The van der Waals surface area contributed by atoms with Gasteiger partial charge in [0.2, 0.25) is 5.91 Å². The summed E-state index contributed by atoms with van der Waals surface area (Å²) < 4.78 is 0. The van der Waals surface area contributed by atoms with Gasteiger partial charge in [0.05, 0.1) is 0 Å². The number of amides is 3. The minimum atomic E-state index is -0.212. The summed E-state index contributed by atoms with van der Waals surface area (Å²) in [6, 6.07) is 11.7. The SMILES string of the molecule is O=C1CN(C(=O)NCc2ccc(-c3cccnc3)cc2)CCN1. The van der Waals surface area contributed by atoms with E-state index < -0.39 is 0 Å². The Kier molecular flexibility index (Phi) is 4.52. The Morgan fingerprint density at radius 1 is 1.22 bits per heavy atom. The second-order valence-corrected chi connectivity index (χ2v) is 5.37. The predicted molar refractivity (Wildman–Crippen MR) is 86.5 cm³/mol. The van der Waals surface area contributed by atoms with Crippen molar-refractivity contribution in [2.24, 2.45) is 0 Å². The molecule has 3 amide bonds. The average Bonchev–Trinajstić information content (AvgIpc) is 2.61. The zero-order valence-electron chi connectivity index (χ0n) is 12.7. The topological polar surface area (TPSA) is 74.3 Å². The van der Waals surface area contributed by atoms with Gasteiger partial charge in [0, 0.05) is 32.0 Å². The highest BCUT2D eigenvalue weighted by molar-refractivity contribution is 5.85. The molecule has 1 aliphatic heterocycles. The van der Waals surface area contributed by atoms with Crippen LogP contribution >= 0.6 is 0 Å². The molecule has 2 N–H and O–H groups in total. The van der Waals surface area contributed by atoms with Crippen molar-refractivity contribution in [3.8, 4) is 11.1 Å². The van der Waals surface area contributed by atoms with Crippen molar-refractivity contribution in [2.75, 3.05) is 19.6 Å². The van der Waals surface area contributed by atoms with E-state index in [1.165, 1.54) is 4.90 Å². The second-order valence-electron chi connectivity index (χ2n) is 5.37. The van der Waals surface area contributed by atoms with Gasteiger partial charge in [-0.15, -0.1) is 0 Å². The molecule has 2 heterocycles. The van der Waals surface area contributed by atoms with Gasteiger partial charge in [-0.3, -0.25) is 9.78 Å². The van der Waals surface area contributed by atoms with Gasteiger partial charge in [-0.05, 0) is 22.8 Å². The number of rotatable bonds is 3. The number of nitrogens with zero attached hydrogens (tertiary/aromatic N) is 2. The number of hydrogen-bond donors (Lipinski definition) is 2. The molecule has 3 rings (SSSR count). The maximum Gasteiger partial charge on any atom is 0.318 e. The zero-order chi connectivity index (χ0) is 16.1. The Balaban J connectivity index is 1.56. The van der Waals surface area contributed by atoms with E-state index in [0.29, 0.717) is 19.6 Å². The fraction of sp³-hybridized carbons (Fsp3) is 0.235. The third-order valence-electron chi connectivity index (χ3n) is 3.72. The summed E-state index contributed by atoms with van der Waals surface area (Å²) in [5, 5.41) is 5.54. The fourth-order valence-electron chi connectivity index (χ4n) is 2.45. The third kappa shape index (κ3) is 3.85. The van der Waals surface area contributed by atoms with Crippen LogP contribution < -0.4 is 10.6 Å². The van der Waals surface area contributed by atoms with Crippen LogP contribution in [-0.4, -0.2) is 41.5 Å². The van der Waals surface area contributed by atoms with Gasteiger partial charge in [0.25, 0.3) is 0 Å². The van der Waals surface area contributed by atoms with Crippen LogP contribution in [0.5, 0.6) is 0 Å². The number of pyridine rings is 1. The van der Waals surface area contributed by atoms with Gasteiger partial charge in [0.1, 0.15) is 6.54 Å². The highest BCUT2D eigenvalue weighted by atomic mass is 16.2. The van der Waals surface area contributed by atoms with Crippen LogP contribution in [0.1, 0.15) is 5.56 Å². The van der Waals surface area contributed by atoms with Crippen molar-refractivity contribution in [2.45, 2.75) is 6.54 Å².